The van der Waals surface area contributed by atoms with Gasteiger partial charge in [0.1, 0.15) is 0 Å². The van der Waals surface area contributed by atoms with Crippen molar-refractivity contribution in [2.75, 3.05) is 0 Å². The van der Waals surface area contributed by atoms with Gasteiger partial charge in [0.2, 0.25) is 0 Å². The Balaban J connectivity index is 1.13. The molecular weight excluding hydrogens is 759 g/mol. The lowest BCUT2D eigenvalue weighted by atomic mass is 9.54. The highest BCUT2D eigenvalue weighted by Gasteiger charge is 2.52. The van der Waals surface area contributed by atoms with Crippen molar-refractivity contribution in [3.8, 4) is 62.2 Å². The minimum absolute atomic E-state index is 0.236. The normalized spacial score (nSPS) is 13.9. The second-order valence-electron chi connectivity index (χ2n) is 16.4. The third kappa shape index (κ3) is 5.88. The molecule has 4 heteroatoms. The van der Waals surface area contributed by atoms with Crippen LogP contribution in [0.2, 0.25) is 0 Å². The van der Waals surface area contributed by atoms with E-state index in [1.807, 2.05) is 48.2 Å². The molecule has 0 amide bonds. The van der Waals surface area contributed by atoms with Crippen molar-refractivity contribution in [3.05, 3.63) is 239 Å². The van der Waals surface area contributed by atoms with Gasteiger partial charge in [0.25, 0.3) is 0 Å². The molecule has 8 aromatic carbocycles. The fourth-order valence-corrected chi connectivity index (χ4v) is 11.0. The van der Waals surface area contributed by atoms with Crippen molar-refractivity contribution in [2.45, 2.75) is 34.5 Å². The zero-order chi connectivity index (χ0) is 41.1. The summed E-state index contributed by atoms with van der Waals surface area (Å²) in [5, 5.41) is 9.62. The molecule has 1 spiro atoms. The minimum atomic E-state index is -0.523. The highest BCUT2D eigenvalue weighted by Crippen LogP contribution is 2.62. The van der Waals surface area contributed by atoms with E-state index in [4.69, 9.17) is 9.97 Å². The van der Waals surface area contributed by atoms with E-state index in [0.717, 1.165) is 50.3 Å². The Hall–Kier alpha value is -7.32. The van der Waals surface area contributed by atoms with Gasteiger partial charge in [-0.3, -0.25) is 0 Å². The lowest BCUT2D eigenvalue weighted by molar-refractivity contribution is 0.549. The van der Waals surface area contributed by atoms with Crippen LogP contribution in [-0.4, -0.2) is 9.97 Å². The summed E-state index contributed by atoms with van der Waals surface area (Å²) in [6, 6.07) is 73.7. The van der Waals surface area contributed by atoms with Gasteiger partial charge in [0, 0.05) is 31.9 Å². The Labute approximate surface area is 361 Å². The summed E-state index contributed by atoms with van der Waals surface area (Å²) in [5.74, 6) is 0.639. The van der Waals surface area contributed by atoms with Gasteiger partial charge in [-0.25, -0.2) is 9.97 Å². The fraction of sp³-hybridized carbons (Fsp3) is 0.0702. The summed E-state index contributed by atoms with van der Waals surface area (Å²) in [6.45, 7) is 4.76. The second-order valence-corrected chi connectivity index (χ2v) is 17.5. The summed E-state index contributed by atoms with van der Waals surface area (Å²) in [4.78, 5) is 13.1. The minimum Gasteiger partial charge on any atom is -0.228 e. The standard InChI is InChI=1S/C57H39N3S/c1-56(2)45-24-8-9-25-47(45)57(48-26-10-12-28-53(48)61-54-29-13-11-27-49(54)57)50-34-41(30-31-46(50)56)43-22-6-7-23-44(43)52-35-51(38-17-4-3-5-18-38)59-55(60-52)42-21-15-20-40(33-42)39-19-14-16-37(32-39)36-58/h3-35H,1-2H3. The third-order valence-electron chi connectivity index (χ3n) is 12.7. The number of nitriles is 1. The molecule has 0 N–H and O–H groups in total. The lowest BCUT2D eigenvalue weighted by Gasteiger charge is -2.50. The predicted octanol–water partition coefficient (Wildman–Crippen LogP) is 14.2. The molecule has 0 bridgehead atoms. The molecule has 2 aliphatic rings. The van der Waals surface area contributed by atoms with E-state index in [9.17, 15) is 5.26 Å². The Morgan fingerprint density at radius 2 is 0.967 bits per heavy atom. The zero-order valence-corrected chi connectivity index (χ0v) is 34.6. The molecule has 0 fully saturated rings. The second kappa shape index (κ2) is 14.4. The van der Waals surface area contributed by atoms with Crippen LogP contribution in [0, 0.1) is 11.3 Å². The first-order chi connectivity index (χ1) is 29.9. The first kappa shape index (κ1) is 36.7. The van der Waals surface area contributed by atoms with Gasteiger partial charge in [-0.05, 0) is 98.1 Å². The van der Waals surface area contributed by atoms with Crippen molar-refractivity contribution in [3.63, 3.8) is 0 Å². The van der Waals surface area contributed by atoms with E-state index in [1.165, 1.54) is 43.2 Å². The molecule has 1 aliphatic carbocycles. The summed E-state index contributed by atoms with van der Waals surface area (Å²) in [7, 11) is 0. The van der Waals surface area contributed by atoms with Crippen LogP contribution in [0.15, 0.2) is 210 Å². The van der Waals surface area contributed by atoms with Crippen LogP contribution in [0.1, 0.15) is 52.8 Å². The topological polar surface area (TPSA) is 49.6 Å². The van der Waals surface area contributed by atoms with Gasteiger partial charge in [0.05, 0.1) is 28.4 Å². The van der Waals surface area contributed by atoms with Crippen LogP contribution >= 0.6 is 11.8 Å². The first-order valence-corrected chi connectivity index (χ1v) is 21.5. The van der Waals surface area contributed by atoms with E-state index in [0.29, 0.717) is 11.4 Å². The highest BCUT2D eigenvalue weighted by atomic mass is 32.2. The average Bonchev–Trinajstić information content (AvgIpc) is 3.33. The van der Waals surface area contributed by atoms with Gasteiger partial charge in [0.15, 0.2) is 5.82 Å². The Morgan fingerprint density at radius 1 is 0.410 bits per heavy atom. The molecule has 1 aliphatic heterocycles. The van der Waals surface area contributed by atoms with E-state index in [1.54, 1.807) is 0 Å². The molecule has 1 aromatic heterocycles. The summed E-state index contributed by atoms with van der Waals surface area (Å²) < 4.78 is 0. The SMILES string of the molecule is CC1(C)c2ccccc2C2(c3ccccc3Sc3ccccc32)c2cc(-c3ccccc3-c3cc(-c4ccccc4)nc(-c4cccc(-c5cccc(C#N)c5)c4)n3)ccc21. The summed E-state index contributed by atoms with van der Waals surface area (Å²) >= 11 is 1.87. The molecule has 0 saturated carbocycles. The molecular formula is C57H39N3S. The fourth-order valence-electron chi connectivity index (χ4n) is 9.82. The molecule has 288 valence electrons. The van der Waals surface area contributed by atoms with E-state index >= 15 is 0 Å². The number of rotatable bonds is 5. The van der Waals surface area contributed by atoms with Crippen molar-refractivity contribution >= 4 is 11.8 Å². The van der Waals surface area contributed by atoms with Crippen LogP contribution in [-0.2, 0) is 10.8 Å². The molecule has 0 radical (unpaired) electrons. The average molecular weight is 798 g/mol. The molecule has 0 saturated heterocycles. The number of benzene rings is 8. The van der Waals surface area contributed by atoms with Gasteiger partial charge in [-0.1, -0.05) is 183 Å². The molecule has 2 heterocycles. The van der Waals surface area contributed by atoms with Crippen molar-refractivity contribution in [1.29, 1.82) is 5.26 Å². The van der Waals surface area contributed by atoms with E-state index in [-0.39, 0.29) is 5.41 Å². The van der Waals surface area contributed by atoms with E-state index < -0.39 is 5.41 Å². The Bertz CT molecular complexity index is 3180. The van der Waals surface area contributed by atoms with Crippen LogP contribution in [0.25, 0.3) is 56.2 Å². The summed E-state index contributed by atoms with van der Waals surface area (Å²) in [5.41, 5.74) is 16.7. The first-order valence-electron chi connectivity index (χ1n) is 20.7. The molecule has 11 rings (SSSR count). The van der Waals surface area contributed by atoms with Crippen molar-refractivity contribution in [1.82, 2.24) is 9.97 Å². The van der Waals surface area contributed by atoms with Crippen LogP contribution in [0.4, 0.5) is 0 Å². The van der Waals surface area contributed by atoms with Crippen LogP contribution < -0.4 is 0 Å². The zero-order valence-electron chi connectivity index (χ0n) is 33.8. The molecule has 0 unspecified atom stereocenters. The van der Waals surface area contributed by atoms with E-state index in [2.05, 4.69) is 184 Å². The Kier molecular flexibility index (Phi) is 8.70. The largest absolute Gasteiger partial charge is 0.228 e. The summed E-state index contributed by atoms with van der Waals surface area (Å²) in [6.07, 6.45) is 0. The van der Waals surface area contributed by atoms with Crippen molar-refractivity contribution < 1.29 is 0 Å². The molecule has 9 aromatic rings. The monoisotopic (exact) mass is 797 g/mol. The van der Waals surface area contributed by atoms with Gasteiger partial charge in [-0.2, -0.15) is 5.26 Å². The molecule has 0 atom stereocenters. The predicted molar refractivity (Wildman–Crippen MR) is 248 cm³/mol. The maximum Gasteiger partial charge on any atom is 0.160 e. The van der Waals surface area contributed by atoms with Gasteiger partial charge >= 0.3 is 0 Å². The van der Waals surface area contributed by atoms with Gasteiger partial charge < -0.3 is 0 Å². The smallest absolute Gasteiger partial charge is 0.160 e. The third-order valence-corrected chi connectivity index (χ3v) is 13.8. The lowest BCUT2D eigenvalue weighted by Crippen LogP contribution is -2.43. The van der Waals surface area contributed by atoms with Crippen LogP contribution in [0.3, 0.4) is 0 Å². The maximum absolute atomic E-state index is 9.62. The van der Waals surface area contributed by atoms with Crippen molar-refractivity contribution in [2.24, 2.45) is 0 Å². The molecule has 61 heavy (non-hydrogen) atoms. The number of fused-ring (bicyclic) bond motifs is 8. The Morgan fingerprint density at radius 3 is 1.70 bits per heavy atom. The number of nitrogens with zero attached hydrogens (tertiary/aromatic N) is 3. The number of hydrogen-bond donors (Lipinski definition) is 0. The number of aromatic nitrogens is 2. The quantitative estimate of drug-likeness (QED) is 0.174. The highest BCUT2D eigenvalue weighted by molar-refractivity contribution is 7.99. The van der Waals surface area contributed by atoms with Gasteiger partial charge in [-0.15, -0.1) is 0 Å². The molecule has 3 nitrogen and oxygen atoms in total. The number of hydrogen-bond acceptors (Lipinski definition) is 4. The maximum atomic E-state index is 9.62. The van der Waals surface area contributed by atoms with Crippen LogP contribution in [0.5, 0.6) is 0 Å².